The fourth-order valence-electron chi connectivity index (χ4n) is 2.72. The van der Waals surface area contributed by atoms with Gasteiger partial charge in [0, 0.05) is 6.04 Å². The molecule has 0 spiro atoms. The summed E-state index contributed by atoms with van der Waals surface area (Å²) < 4.78 is 0. The third kappa shape index (κ3) is 2.34. The number of rotatable bonds is 5. The number of carbonyl (C=O) groups excluding carboxylic acids is 2. The summed E-state index contributed by atoms with van der Waals surface area (Å²) in [4.78, 5) is 25.6. The highest BCUT2D eigenvalue weighted by atomic mass is 32.1. The first-order valence-corrected chi connectivity index (χ1v) is 6.77. The summed E-state index contributed by atoms with van der Waals surface area (Å²) in [6.45, 7) is -0.0200. The SMILES string of the molecule is NC(=O)CN(C(=O)C1(C(N)=S)CC1)C1CCCC1. The summed E-state index contributed by atoms with van der Waals surface area (Å²) in [6.07, 6.45) is 5.45. The first-order chi connectivity index (χ1) is 8.47. The number of nitrogens with zero attached hydrogens (tertiary/aromatic N) is 1. The van der Waals surface area contributed by atoms with Gasteiger partial charge in [0.25, 0.3) is 0 Å². The first-order valence-electron chi connectivity index (χ1n) is 6.36. The summed E-state index contributed by atoms with van der Waals surface area (Å²) >= 11 is 4.99. The summed E-state index contributed by atoms with van der Waals surface area (Å²) in [5, 5.41) is 0. The van der Waals surface area contributed by atoms with Crippen molar-refractivity contribution in [1.82, 2.24) is 4.90 Å². The summed E-state index contributed by atoms with van der Waals surface area (Å²) in [5.74, 6) is -0.574. The molecule has 0 radical (unpaired) electrons. The van der Waals surface area contributed by atoms with Gasteiger partial charge in [-0.25, -0.2) is 0 Å². The van der Waals surface area contributed by atoms with E-state index in [1.54, 1.807) is 4.90 Å². The van der Waals surface area contributed by atoms with Crippen molar-refractivity contribution >= 4 is 29.0 Å². The van der Waals surface area contributed by atoms with Crippen molar-refractivity contribution in [3.63, 3.8) is 0 Å². The lowest BCUT2D eigenvalue weighted by atomic mass is 10.0. The lowest BCUT2D eigenvalue weighted by Crippen LogP contribution is -2.50. The van der Waals surface area contributed by atoms with Crippen LogP contribution >= 0.6 is 12.2 Å². The molecule has 0 bridgehead atoms. The van der Waals surface area contributed by atoms with E-state index in [1.807, 2.05) is 0 Å². The average Bonchev–Trinajstić information content (AvgIpc) is 2.95. The van der Waals surface area contributed by atoms with Gasteiger partial charge in [-0.1, -0.05) is 25.1 Å². The second kappa shape index (κ2) is 4.84. The van der Waals surface area contributed by atoms with Gasteiger partial charge < -0.3 is 16.4 Å². The minimum atomic E-state index is -0.687. The van der Waals surface area contributed by atoms with Crippen LogP contribution in [0.4, 0.5) is 0 Å². The van der Waals surface area contributed by atoms with Crippen molar-refractivity contribution in [2.45, 2.75) is 44.6 Å². The maximum atomic E-state index is 12.5. The Labute approximate surface area is 112 Å². The molecule has 2 saturated carbocycles. The zero-order chi connectivity index (χ0) is 13.3. The predicted molar refractivity (Wildman–Crippen MR) is 71.6 cm³/mol. The highest BCUT2D eigenvalue weighted by molar-refractivity contribution is 7.80. The van der Waals surface area contributed by atoms with Crippen molar-refractivity contribution in [3.8, 4) is 0 Å². The fraction of sp³-hybridized carbons (Fsp3) is 0.750. The highest BCUT2D eigenvalue weighted by Crippen LogP contribution is 2.48. The Morgan fingerprint density at radius 2 is 1.78 bits per heavy atom. The molecule has 5 nitrogen and oxygen atoms in total. The lowest BCUT2D eigenvalue weighted by Gasteiger charge is -2.31. The molecule has 0 aromatic carbocycles. The van der Waals surface area contributed by atoms with Crippen molar-refractivity contribution < 1.29 is 9.59 Å². The van der Waals surface area contributed by atoms with E-state index >= 15 is 0 Å². The molecule has 100 valence electrons. The van der Waals surface area contributed by atoms with Gasteiger partial charge in [0.2, 0.25) is 11.8 Å². The Morgan fingerprint density at radius 1 is 1.22 bits per heavy atom. The third-order valence-corrected chi connectivity index (χ3v) is 4.37. The zero-order valence-corrected chi connectivity index (χ0v) is 11.2. The zero-order valence-electron chi connectivity index (χ0n) is 10.4. The molecular weight excluding hydrogens is 250 g/mol. The molecule has 0 heterocycles. The number of hydrogen-bond acceptors (Lipinski definition) is 3. The second-order valence-corrected chi connectivity index (χ2v) is 5.72. The molecule has 2 aliphatic carbocycles. The van der Waals surface area contributed by atoms with Gasteiger partial charge in [-0.05, 0) is 25.7 Å². The number of amides is 2. The second-order valence-electron chi connectivity index (χ2n) is 5.28. The summed E-state index contributed by atoms with van der Waals surface area (Å²) in [6, 6.07) is 0.122. The normalized spacial score (nSPS) is 21.6. The van der Waals surface area contributed by atoms with E-state index in [9.17, 15) is 9.59 Å². The lowest BCUT2D eigenvalue weighted by molar-refractivity contribution is -0.140. The van der Waals surface area contributed by atoms with Crippen molar-refractivity contribution in [2.75, 3.05) is 6.54 Å². The molecule has 0 unspecified atom stereocenters. The van der Waals surface area contributed by atoms with Gasteiger partial charge in [-0.2, -0.15) is 0 Å². The molecule has 0 atom stereocenters. The highest BCUT2D eigenvalue weighted by Gasteiger charge is 2.55. The number of thiocarbonyl (C=S) groups is 1. The van der Waals surface area contributed by atoms with E-state index in [1.165, 1.54) is 0 Å². The maximum Gasteiger partial charge on any atom is 0.237 e. The van der Waals surface area contributed by atoms with Gasteiger partial charge >= 0.3 is 0 Å². The van der Waals surface area contributed by atoms with Crippen LogP contribution in [0.25, 0.3) is 0 Å². The minimum Gasteiger partial charge on any atom is -0.392 e. The molecule has 4 N–H and O–H groups in total. The van der Waals surface area contributed by atoms with E-state index in [2.05, 4.69) is 0 Å². The monoisotopic (exact) mass is 269 g/mol. The number of primary amides is 1. The van der Waals surface area contributed by atoms with Gasteiger partial charge in [0.05, 0.1) is 16.9 Å². The Hall–Kier alpha value is -1.17. The van der Waals surface area contributed by atoms with E-state index in [-0.39, 0.29) is 23.5 Å². The van der Waals surface area contributed by atoms with E-state index in [0.717, 1.165) is 25.7 Å². The largest absolute Gasteiger partial charge is 0.392 e. The van der Waals surface area contributed by atoms with Crippen LogP contribution in [0.1, 0.15) is 38.5 Å². The van der Waals surface area contributed by atoms with Crippen molar-refractivity contribution in [1.29, 1.82) is 0 Å². The third-order valence-electron chi connectivity index (χ3n) is 3.98. The quantitative estimate of drug-likeness (QED) is 0.703. The molecule has 0 aromatic rings. The Kier molecular flexibility index (Phi) is 3.56. The van der Waals surface area contributed by atoms with Crippen molar-refractivity contribution in [3.05, 3.63) is 0 Å². The minimum absolute atomic E-state index is 0.0200. The number of nitrogens with two attached hydrogens (primary N) is 2. The van der Waals surface area contributed by atoms with Crippen LogP contribution in [0.5, 0.6) is 0 Å². The maximum absolute atomic E-state index is 12.5. The fourth-order valence-corrected chi connectivity index (χ4v) is 3.01. The number of carbonyl (C=O) groups is 2. The van der Waals surface area contributed by atoms with E-state index in [4.69, 9.17) is 23.7 Å². The molecule has 0 saturated heterocycles. The van der Waals surface area contributed by atoms with Gasteiger partial charge in [0.1, 0.15) is 0 Å². The molecule has 18 heavy (non-hydrogen) atoms. The Morgan fingerprint density at radius 3 is 2.17 bits per heavy atom. The summed E-state index contributed by atoms with van der Waals surface area (Å²) in [7, 11) is 0. The van der Waals surface area contributed by atoms with E-state index < -0.39 is 11.3 Å². The van der Waals surface area contributed by atoms with Gasteiger partial charge in [-0.15, -0.1) is 0 Å². The van der Waals surface area contributed by atoms with Crippen LogP contribution in [0.2, 0.25) is 0 Å². The van der Waals surface area contributed by atoms with Crippen LogP contribution in [0, 0.1) is 5.41 Å². The smallest absolute Gasteiger partial charge is 0.237 e. The molecule has 2 aliphatic rings. The van der Waals surface area contributed by atoms with Crippen molar-refractivity contribution in [2.24, 2.45) is 16.9 Å². The van der Waals surface area contributed by atoms with Crippen LogP contribution < -0.4 is 11.5 Å². The molecule has 2 amide bonds. The molecule has 6 heteroatoms. The summed E-state index contributed by atoms with van der Waals surface area (Å²) in [5.41, 5.74) is 10.2. The van der Waals surface area contributed by atoms with Crippen LogP contribution in [-0.4, -0.2) is 34.3 Å². The van der Waals surface area contributed by atoms with Crippen LogP contribution in [-0.2, 0) is 9.59 Å². The van der Waals surface area contributed by atoms with Gasteiger partial charge in [0.15, 0.2) is 0 Å². The average molecular weight is 269 g/mol. The predicted octanol–water partition coefficient (Wildman–Crippen LogP) is 0.309. The molecule has 2 fully saturated rings. The van der Waals surface area contributed by atoms with Gasteiger partial charge in [-0.3, -0.25) is 9.59 Å². The van der Waals surface area contributed by atoms with Crippen LogP contribution in [0.15, 0.2) is 0 Å². The Bertz CT molecular complexity index is 387. The molecular formula is C12H19N3O2S. The molecule has 0 aliphatic heterocycles. The standard InChI is InChI=1S/C12H19N3O2S/c13-9(16)7-15(8-3-1-2-4-8)11(17)12(5-6-12)10(14)18/h8H,1-7H2,(H2,13,16)(H2,14,18). The molecule has 0 aromatic heterocycles. The Balaban J connectivity index is 2.15. The van der Waals surface area contributed by atoms with E-state index in [0.29, 0.717) is 12.8 Å². The molecule has 2 rings (SSSR count). The first kappa shape index (κ1) is 13.3. The van der Waals surface area contributed by atoms with Crippen LogP contribution in [0.3, 0.4) is 0 Å². The number of hydrogen-bond donors (Lipinski definition) is 2. The topological polar surface area (TPSA) is 89.4 Å².